The molecular weight excluding hydrogens is 336 g/mol. The van der Waals surface area contributed by atoms with Crippen LogP contribution in [0.4, 0.5) is 0 Å². The normalized spacial score (nSPS) is 34.1. The van der Waals surface area contributed by atoms with Crippen molar-refractivity contribution < 1.29 is 15.0 Å². The molecule has 4 fully saturated rings. The number of carbonyl (C=O) groups excluding carboxylic acids is 1. The van der Waals surface area contributed by atoms with Gasteiger partial charge in [0.25, 0.3) is 0 Å². The molecule has 2 N–H and O–H groups in total. The molecular formula is C24H34O3. The highest BCUT2D eigenvalue weighted by molar-refractivity contribution is 5.89. The zero-order chi connectivity index (χ0) is 19.6. The summed E-state index contributed by atoms with van der Waals surface area (Å²) in [5, 5.41) is 21.8. The molecule has 4 aliphatic carbocycles. The van der Waals surface area contributed by atoms with Gasteiger partial charge in [-0.05, 0) is 53.7 Å². The summed E-state index contributed by atoms with van der Waals surface area (Å²) in [5.74, 6) is 1.34. The van der Waals surface area contributed by atoms with Crippen molar-refractivity contribution in [3.05, 3.63) is 23.3 Å². The van der Waals surface area contributed by atoms with E-state index in [1.165, 1.54) is 19.3 Å². The minimum absolute atomic E-state index is 0.0863. The van der Waals surface area contributed by atoms with Gasteiger partial charge in [0, 0.05) is 23.3 Å². The van der Waals surface area contributed by atoms with Gasteiger partial charge in [0.2, 0.25) is 0 Å². The van der Waals surface area contributed by atoms with Crippen molar-refractivity contribution in [2.75, 3.05) is 0 Å². The van der Waals surface area contributed by atoms with Gasteiger partial charge in [0.15, 0.2) is 0 Å². The fourth-order valence-electron chi connectivity index (χ4n) is 6.75. The summed E-state index contributed by atoms with van der Waals surface area (Å²) >= 11 is 0. The molecule has 5 rings (SSSR count). The smallest absolute Gasteiger partial charge is 0.137 e. The highest BCUT2D eigenvalue weighted by atomic mass is 16.3. The van der Waals surface area contributed by atoms with Crippen LogP contribution in [0, 0.1) is 17.3 Å². The quantitative estimate of drug-likeness (QED) is 0.614. The van der Waals surface area contributed by atoms with Crippen molar-refractivity contribution in [1.82, 2.24) is 0 Å². The Balaban J connectivity index is 1.61. The van der Waals surface area contributed by atoms with Gasteiger partial charge in [-0.2, -0.15) is 0 Å². The molecule has 148 valence electrons. The van der Waals surface area contributed by atoms with Crippen molar-refractivity contribution >= 4 is 5.78 Å². The van der Waals surface area contributed by atoms with Gasteiger partial charge >= 0.3 is 0 Å². The SMILES string of the molecule is CCCCCCC(C)(C)c1cc(O)c([C@]23CC(=O)[C@H]4C[C@@H]2C4(C)C3)c(O)c1. The highest BCUT2D eigenvalue weighted by Crippen LogP contribution is 2.79. The Morgan fingerprint density at radius 2 is 1.81 bits per heavy atom. The van der Waals surface area contributed by atoms with Crippen LogP contribution in [0.2, 0.25) is 0 Å². The number of phenolic OH excluding ortho intramolecular Hbond substituents is 2. The maximum absolute atomic E-state index is 12.5. The summed E-state index contributed by atoms with van der Waals surface area (Å²) in [5.41, 5.74) is 1.31. The summed E-state index contributed by atoms with van der Waals surface area (Å²) in [6, 6.07) is 3.71. The number of rotatable bonds is 7. The molecule has 1 aromatic rings. The van der Waals surface area contributed by atoms with E-state index < -0.39 is 0 Å². The Morgan fingerprint density at radius 1 is 1.15 bits per heavy atom. The first kappa shape index (κ1) is 18.8. The first-order valence-electron chi connectivity index (χ1n) is 10.8. The number of hydrogen-bond donors (Lipinski definition) is 2. The number of carbonyl (C=O) groups is 1. The Kier molecular flexibility index (Phi) is 4.18. The van der Waals surface area contributed by atoms with Gasteiger partial charge in [-0.3, -0.25) is 4.79 Å². The summed E-state index contributed by atoms with van der Waals surface area (Å²) in [4.78, 5) is 12.5. The molecule has 0 aliphatic heterocycles. The Hall–Kier alpha value is -1.51. The third-order valence-corrected chi connectivity index (χ3v) is 8.34. The molecule has 4 atom stereocenters. The van der Waals surface area contributed by atoms with E-state index in [4.69, 9.17) is 0 Å². The van der Waals surface area contributed by atoms with Crippen LogP contribution >= 0.6 is 0 Å². The Bertz CT molecular complexity index is 757. The Labute approximate surface area is 163 Å². The van der Waals surface area contributed by atoms with E-state index in [-0.39, 0.29) is 33.7 Å². The van der Waals surface area contributed by atoms with Gasteiger partial charge in [0.05, 0.1) is 0 Å². The van der Waals surface area contributed by atoms with E-state index in [9.17, 15) is 15.0 Å². The number of benzene rings is 1. The zero-order valence-electron chi connectivity index (χ0n) is 17.3. The van der Waals surface area contributed by atoms with Gasteiger partial charge < -0.3 is 10.2 Å². The third-order valence-electron chi connectivity index (χ3n) is 8.34. The summed E-state index contributed by atoms with van der Waals surface area (Å²) in [6.45, 7) is 8.80. The fourth-order valence-corrected chi connectivity index (χ4v) is 6.75. The van der Waals surface area contributed by atoms with Crippen molar-refractivity contribution in [3.63, 3.8) is 0 Å². The lowest BCUT2D eigenvalue weighted by Gasteiger charge is -2.76. The third kappa shape index (κ3) is 2.49. The van der Waals surface area contributed by atoms with E-state index in [0.29, 0.717) is 23.7 Å². The number of Topliss-reactive ketones (excluding diaryl/α,β-unsaturated/α-hetero) is 1. The van der Waals surface area contributed by atoms with Crippen molar-refractivity contribution in [2.24, 2.45) is 17.3 Å². The molecule has 3 nitrogen and oxygen atoms in total. The average molecular weight is 371 g/mol. The van der Waals surface area contributed by atoms with Crippen LogP contribution < -0.4 is 0 Å². The minimum atomic E-state index is -0.335. The van der Waals surface area contributed by atoms with Gasteiger partial charge in [-0.1, -0.05) is 53.4 Å². The van der Waals surface area contributed by atoms with Crippen molar-refractivity contribution in [3.8, 4) is 11.5 Å². The van der Waals surface area contributed by atoms with E-state index >= 15 is 0 Å². The monoisotopic (exact) mass is 370 g/mol. The second kappa shape index (κ2) is 5.99. The van der Waals surface area contributed by atoms with Gasteiger partial charge in [-0.15, -0.1) is 0 Å². The molecule has 3 heteroatoms. The topological polar surface area (TPSA) is 57.5 Å². The van der Waals surface area contributed by atoms with Crippen molar-refractivity contribution in [1.29, 1.82) is 0 Å². The predicted molar refractivity (Wildman–Crippen MR) is 107 cm³/mol. The first-order valence-corrected chi connectivity index (χ1v) is 10.8. The molecule has 4 aliphatic rings. The lowest BCUT2D eigenvalue weighted by Crippen LogP contribution is -2.75. The number of ketones is 1. The average Bonchev–Trinajstić information content (AvgIpc) is 2.56. The summed E-state index contributed by atoms with van der Waals surface area (Å²) in [7, 11) is 0. The molecule has 1 aromatic carbocycles. The number of unbranched alkanes of at least 4 members (excludes halogenated alkanes) is 3. The predicted octanol–water partition coefficient (Wildman–Crippen LogP) is 5.60. The van der Waals surface area contributed by atoms with Crippen LogP contribution in [-0.2, 0) is 15.6 Å². The number of aromatic hydroxyl groups is 2. The maximum atomic E-state index is 12.5. The highest BCUT2D eigenvalue weighted by Gasteiger charge is 2.77. The lowest BCUT2D eigenvalue weighted by atomic mass is 9.26. The van der Waals surface area contributed by atoms with E-state index in [0.717, 1.165) is 31.2 Å². The second-order valence-corrected chi connectivity index (χ2v) is 10.4. The van der Waals surface area contributed by atoms with E-state index in [2.05, 4.69) is 27.7 Å². The molecule has 4 bridgehead atoms. The second-order valence-electron chi connectivity index (χ2n) is 10.4. The number of hydrogen-bond acceptors (Lipinski definition) is 3. The summed E-state index contributed by atoms with van der Waals surface area (Å²) < 4.78 is 0. The van der Waals surface area contributed by atoms with E-state index in [1.807, 2.05) is 12.1 Å². The first-order chi connectivity index (χ1) is 12.7. The molecule has 27 heavy (non-hydrogen) atoms. The molecule has 0 aromatic heterocycles. The number of phenols is 2. The van der Waals surface area contributed by atoms with Crippen LogP contribution in [0.1, 0.15) is 90.2 Å². The molecule has 1 unspecified atom stereocenters. The lowest BCUT2D eigenvalue weighted by molar-refractivity contribution is -0.229. The van der Waals surface area contributed by atoms with Gasteiger partial charge in [-0.25, -0.2) is 0 Å². The van der Waals surface area contributed by atoms with Crippen LogP contribution in [0.15, 0.2) is 12.1 Å². The van der Waals surface area contributed by atoms with Crippen LogP contribution in [0.5, 0.6) is 11.5 Å². The van der Waals surface area contributed by atoms with Crippen molar-refractivity contribution in [2.45, 2.75) is 89.9 Å². The molecule has 0 heterocycles. The maximum Gasteiger partial charge on any atom is 0.137 e. The zero-order valence-corrected chi connectivity index (χ0v) is 17.3. The van der Waals surface area contributed by atoms with Gasteiger partial charge in [0.1, 0.15) is 17.3 Å². The molecule has 0 amide bonds. The molecule has 0 spiro atoms. The molecule has 4 saturated carbocycles. The fraction of sp³-hybridized carbons (Fsp3) is 0.708. The molecule has 0 radical (unpaired) electrons. The number of fused-ring (bicyclic) bond motifs is 1. The standard InChI is InChI=1S/C24H34O3/c1-5-6-7-8-9-22(2,3)15-10-17(25)21(18(26)11-15)24-13-19(27)16-12-20(24)23(16,4)14-24/h10-11,16,20,25-26H,5-9,12-14H2,1-4H3/t16-,20-,23?,24+/m1/s1. The van der Waals surface area contributed by atoms with E-state index in [1.54, 1.807) is 0 Å². The minimum Gasteiger partial charge on any atom is -0.507 e. The Morgan fingerprint density at radius 3 is 2.33 bits per heavy atom. The molecule has 0 saturated heterocycles. The van der Waals surface area contributed by atoms with Crippen LogP contribution in [0.3, 0.4) is 0 Å². The summed E-state index contributed by atoms with van der Waals surface area (Å²) in [6.07, 6.45) is 8.23. The van der Waals surface area contributed by atoms with Crippen LogP contribution in [0.25, 0.3) is 0 Å². The van der Waals surface area contributed by atoms with Crippen LogP contribution in [-0.4, -0.2) is 16.0 Å². The largest absolute Gasteiger partial charge is 0.507 e.